The van der Waals surface area contributed by atoms with E-state index in [1.165, 1.54) is 47.9 Å². The predicted octanol–water partition coefficient (Wildman–Crippen LogP) is 3.01. The molecule has 1 atom stereocenters. The van der Waals surface area contributed by atoms with E-state index in [0.717, 1.165) is 46.7 Å². The third-order valence-electron chi connectivity index (χ3n) is 8.59. The highest BCUT2D eigenvalue weighted by Crippen LogP contribution is 2.31. The monoisotopic (exact) mass is 812 g/mol. The maximum Gasteiger partial charge on any atom is 0.169 e. The van der Waals surface area contributed by atoms with Gasteiger partial charge in [-0.3, -0.25) is 0 Å². The first-order valence-electron chi connectivity index (χ1n) is 16.8. The van der Waals surface area contributed by atoms with E-state index >= 15 is 0 Å². The van der Waals surface area contributed by atoms with Crippen LogP contribution in [-0.2, 0) is 24.2 Å². The highest BCUT2D eigenvalue weighted by Gasteiger charge is 2.13. The van der Waals surface area contributed by atoms with E-state index in [4.69, 9.17) is 19.4 Å². The Bertz CT molecular complexity index is 1790. The van der Waals surface area contributed by atoms with Gasteiger partial charge in [-0.05, 0) is 33.9 Å². The third-order valence-corrected chi connectivity index (χ3v) is 8.87. The molecular formula is C41H43Br2N4O2P. The van der Waals surface area contributed by atoms with Crippen molar-refractivity contribution < 1.29 is 52.5 Å². The van der Waals surface area contributed by atoms with Crippen LogP contribution in [0.25, 0.3) is 56.2 Å². The molecule has 6 aromatic rings. The number of aryl methyl sites for hydroxylation is 2. The SMILES string of the molecule is CCCC[n+]1ccc(-c2ccc(-c3cc(-c4ccc(-c5cc[n+](CCCC)cc5)cc4)nc(-c4ccc(COPO)cc4)n3)cc2)cc1.[Br-].[Br-]. The van der Waals surface area contributed by atoms with Gasteiger partial charge in [-0.1, -0.05) is 99.5 Å². The summed E-state index contributed by atoms with van der Waals surface area (Å²) in [6.07, 6.45) is 13.4. The summed E-state index contributed by atoms with van der Waals surface area (Å²) in [5.74, 6) is 0.659. The van der Waals surface area contributed by atoms with Gasteiger partial charge in [-0.2, -0.15) is 0 Å². The van der Waals surface area contributed by atoms with E-state index < -0.39 is 9.03 Å². The lowest BCUT2D eigenvalue weighted by molar-refractivity contribution is -0.697. The maximum atomic E-state index is 9.06. The Hall–Kier alpha value is -3.65. The third kappa shape index (κ3) is 10.2. The van der Waals surface area contributed by atoms with Crippen molar-refractivity contribution in [2.45, 2.75) is 59.2 Å². The van der Waals surface area contributed by atoms with E-state index in [1.54, 1.807) is 0 Å². The molecule has 3 aromatic heterocycles. The number of hydrogen-bond donors (Lipinski definition) is 1. The Labute approximate surface area is 318 Å². The normalized spacial score (nSPS) is 10.9. The topological polar surface area (TPSA) is 63.0 Å². The zero-order chi connectivity index (χ0) is 33.1. The van der Waals surface area contributed by atoms with Crippen molar-refractivity contribution in [3.05, 3.63) is 133 Å². The summed E-state index contributed by atoms with van der Waals surface area (Å²) in [5, 5.41) is 0. The van der Waals surface area contributed by atoms with Gasteiger partial charge in [0.15, 0.2) is 39.6 Å². The van der Waals surface area contributed by atoms with E-state index in [-0.39, 0.29) is 34.0 Å². The molecule has 0 aliphatic heterocycles. The standard InChI is InChI=1S/C41H43N4O2P.2BrH/c1-3-5-23-44-25-19-34(20-26-44)32-11-15-36(16-12-32)39-29-40(43-41(42-39)38-9-7-31(8-10-38)30-47-48-46)37-17-13-33(14-18-37)35-21-27-45(28-22-35)24-6-4-2;;/h7-22,25-29,46,48H,3-6,23-24,30H2,1-2H3;2*1H/q+2;;/p-2. The fraction of sp³-hybridized carbons (Fsp3) is 0.220. The second-order valence-electron chi connectivity index (χ2n) is 12.1. The van der Waals surface area contributed by atoms with Gasteiger partial charge in [0.25, 0.3) is 0 Å². The summed E-state index contributed by atoms with van der Waals surface area (Å²) < 4.78 is 9.68. The summed E-state index contributed by atoms with van der Waals surface area (Å²) in [5.41, 5.74) is 10.4. The van der Waals surface area contributed by atoms with Crippen molar-refractivity contribution in [1.82, 2.24) is 9.97 Å². The van der Waals surface area contributed by atoms with Gasteiger partial charge in [-0.25, -0.2) is 19.1 Å². The van der Waals surface area contributed by atoms with Gasteiger partial charge in [-0.15, -0.1) is 0 Å². The number of aromatic nitrogens is 4. The van der Waals surface area contributed by atoms with Gasteiger partial charge >= 0.3 is 0 Å². The summed E-state index contributed by atoms with van der Waals surface area (Å²) >= 11 is 0. The lowest BCUT2D eigenvalue weighted by atomic mass is 10.0. The molecule has 6 rings (SSSR count). The summed E-state index contributed by atoms with van der Waals surface area (Å²) in [6, 6.07) is 36.1. The average molecular weight is 815 g/mol. The summed E-state index contributed by atoms with van der Waals surface area (Å²) in [6.45, 7) is 6.89. The number of benzene rings is 3. The summed E-state index contributed by atoms with van der Waals surface area (Å²) in [7, 11) is -0.532. The van der Waals surface area contributed by atoms with Gasteiger partial charge in [0.2, 0.25) is 0 Å². The first-order chi connectivity index (χ1) is 23.6. The fourth-order valence-corrected chi connectivity index (χ4v) is 5.91. The fourth-order valence-electron chi connectivity index (χ4n) is 5.68. The Balaban J connectivity index is 0.00000281. The van der Waals surface area contributed by atoms with Crippen LogP contribution in [0.1, 0.15) is 45.1 Å². The molecule has 258 valence electrons. The van der Waals surface area contributed by atoms with Crippen LogP contribution >= 0.6 is 9.03 Å². The number of nitrogens with zero attached hydrogens (tertiary/aromatic N) is 4. The number of rotatable bonds is 14. The lowest BCUT2D eigenvalue weighted by Gasteiger charge is -2.11. The van der Waals surface area contributed by atoms with Crippen molar-refractivity contribution in [2.75, 3.05) is 0 Å². The minimum Gasteiger partial charge on any atom is -1.00 e. The average Bonchev–Trinajstić information content (AvgIpc) is 3.16. The second kappa shape index (κ2) is 19.7. The van der Waals surface area contributed by atoms with Crippen LogP contribution in [0.2, 0.25) is 0 Å². The Kier molecular flexibility index (Phi) is 15.4. The molecule has 1 unspecified atom stereocenters. The van der Waals surface area contributed by atoms with Crippen molar-refractivity contribution in [1.29, 1.82) is 0 Å². The molecule has 0 spiro atoms. The van der Waals surface area contributed by atoms with Crippen LogP contribution in [0.5, 0.6) is 0 Å². The van der Waals surface area contributed by atoms with Crippen LogP contribution in [0.3, 0.4) is 0 Å². The second-order valence-corrected chi connectivity index (χ2v) is 12.5. The van der Waals surface area contributed by atoms with Crippen molar-refractivity contribution in [3.8, 4) is 56.2 Å². The molecular weight excluding hydrogens is 771 g/mol. The largest absolute Gasteiger partial charge is 1.00 e. The molecule has 6 nitrogen and oxygen atoms in total. The quantitative estimate of drug-likeness (QED) is 0.136. The van der Waals surface area contributed by atoms with Crippen LogP contribution in [-0.4, -0.2) is 14.9 Å². The number of unbranched alkanes of at least 4 members (excludes halogenated alkanes) is 2. The molecule has 0 saturated heterocycles. The van der Waals surface area contributed by atoms with Gasteiger partial charge in [0.1, 0.15) is 13.1 Å². The maximum absolute atomic E-state index is 9.06. The Morgan fingerprint density at radius 1 is 0.540 bits per heavy atom. The highest BCUT2D eigenvalue weighted by molar-refractivity contribution is 7.24. The van der Waals surface area contributed by atoms with Crippen molar-refractivity contribution >= 4 is 9.03 Å². The molecule has 0 bridgehead atoms. The molecule has 3 heterocycles. The number of hydrogen-bond acceptors (Lipinski definition) is 4. The zero-order valence-corrected chi connectivity index (χ0v) is 32.6. The number of halogens is 2. The first-order valence-corrected chi connectivity index (χ1v) is 17.7. The van der Waals surface area contributed by atoms with E-state index in [2.05, 4.69) is 127 Å². The van der Waals surface area contributed by atoms with Gasteiger partial charge in [0, 0.05) is 53.8 Å². The Morgan fingerprint density at radius 2 is 0.920 bits per heavy atom. The molecule has 0 saturated carbocycles. The minimum absolute atomic E-state index is 0. The highest BCUT2D eigenvalue weighted by atomic mass is 79.9. The Morgan fingerprint density at radius 3 is 1.32 bits per heavy atom. The van der Waals surface area contributed by atoms with Gasteiger partial charge in [0.05, 0.1) is 18.0 Å². The molecule has 1 N–H and O–H groups in total. The molecule has 0 aliphatic rings. The predicted molar refractivity (Wildman–Crippen MR) is 195 cm³/mol. The van der Waals surface area contributed by atoms with Crippen LogP contribution in [0.4, 0.5) is 0 Å². The minimum atomic E-state index is -0.532. The smallest absolute Gasteiger partial charge is 0.169 e. The number of pyridine rings is 2. The molecule has 0 aliphatic carbocycles. The van der Waals surface area contributed by atoms with Crippen molar-refractivity contribution in [2.24, 2.45) is 0 Å². The molecule has 0 amide bonds. The van der Waals surface area contributed by atoms with E-state index in [1.807, 2.05) is 24.3 Å². The molecule has 50 heavy (non-hydrogen) atoms. The molecule has 0 fully saturated rings. The first kappa shape index (κ1) is 39.1. The van der Waals surface area contributed by atoms with Crippen molar-refractivity contribution in [3.63, 3.8) is 0 Å². The molecule has 0 radical (unpaired) electrons. The molecule has 9 heteroatoms. The van der Waals surface area contributed by atoms with E-state index in [9.17, 15) is 0 Å². The van der Waals surface area contributed by atoms with Crippen LogP contribution < -0.4 is 43.1 Å². The van der Waals surface area contributed by atoms with E-state index in [0.29, 0.717) is 12.4 Å². The lowest BCUT2D eigenvalue weighted by Crippen LogP contribution is -3.00. The summed E-state index contributed by atoms with van der Waals surface area (Å²) in [4.78, 5) is 19.1. The molecule has 3 aromatic carbocycles. The van der Waals surface area contributed by atoms with Crippen LogP contribution in [0, 0.1) is 0 Å². The zero-order valence-electron chi connectivity index (χ0n) is 28.5. The van der Waals surface area contributed by atoms with Crippen LogP contribution in [0.15, 0.2) is 128 Å². The van der Waals surface area contributed by atoms with Gasteiger partial charge < -0.3 is 43.4 Å².